The van der Waals surface area contributed by atoms with Crippen LogP contribution in [0.2, 0.25) is 0 Å². The molecule has 21 heavy (non-hydrogen) atoms. The molecule has 0 unspecified atom stereocenters. The second kappa shape index (κ2) is 7.00. The molecule has 0 saturated heterocycles. The number of nitro groups is 1. The van der Waals surface area contributed by atoms with Gasteiger partial charge in [-0.15, -0.1) is 0 Å². The van der Waals surface area contributed by atoms with Crippen molar-refractivity contribution in [2.45, 2.75) is 36.9 Å². The van der Waals surface area contributed by atoms with Gasteiger partial charge in [0.2, 0.25) is 0 Å². The summed E-state index contributed by atoms with van der Waals surface area (Å²) in [5.41, 5.74) is 3.78. The zero-order valence-corrected chi connectivity index (χ0v) is 13.0. The summed E-state index contributed by atoms with van der Waals surface area (Å²) in [6.45, 7) is 0.819. The summed E-state index contributed by atoms with van der Waals surface area (Å²) in [6.07, 6.45) is 8.35. The number of hydrogen-bond acceptors (Lipinski definition) is 6. The summed E-state index contributed by atoms with van der Waals surface area (Å²) in [7, 11) is 0. The number of rotatable bonds is 6. The molecule has 0 bridgehead atoms. The van der Waals surface area contributed by atoms with Crippen LogP contribution in [-0.2, 0) is 0 Å². The molecule has 4 N–H and O–H groups in total. The molecule has 0 spiro atoms. The Bertz CT molecular complexity index is 504. The van der Waals surface area contributed by atoms with E-state index in [1.165, 1.54) is 38.2 Å². The van der Waals surface area contributed by atoms with E-state index < -0.39 is 4.92 Å². The predicted octanol–water partition coefficient (Wildman–Crippen LogP) is 3.36. The normalized spacial score (nSPS) is 17.2. The second-order valence-corrected chi connectivity index (χ2v) is 6.75. The SMILES string of the molecule is CSC1(CNc2cc(NN)cc([N+](=O)[O-])c2)CCCCC1. The lowest BCUT2D eigenvalue weighted by Gasteiger charge is -2.36. The maximum absolute atomic E-state index is 11.0. The first-order valence-corrected chi connectivity index (χ1v) is 8.36. The van der Waals surface area contributed by atoms with Crippen molar-refractivity contribution in [3.05, 3.63) is 28.3 Å². The fraction of sp³-hybridized carbons (Fsp3) is 0.571. The number of nitro benzene ring substituents is 1. The van der Waals surface area contributed by atoms with Crippen LogP contribution >= 0.6 is 11.8 Å². The Balaban J connectivity index is 2.11. The van der Waals surface area contributed by atoms with E-state index in [1.807, 2.05) is 11.8 Å². The van der Waals surface area contributed by atoms with Crippen molar-refractivity contribution in [3.63, 3.8) is 0 Å². The average Bonchev–Trinajstić information content (AvgIpc) is 2.53. The fourth-order valence-electron chi connectivity index (χ4n) is 2.81. The van der Waals surface area contributed by atoms with E-state index in [1.54, 1.807) is 12.1 Å². The number of non-ortho nitro benzene ring substituents is 1. The molecule has 1 saturated carbocycles. The van der Waals surface area contributed by atoms with Crippen molar-refractivity contribution in [2.24, 2.45) is 5.84 Å². The van der Waals surface area contributed by atoms with Crippen LogP contribution in [0.15, 0.2) is 18.2 Å². The van der Waals surface area contributed by atoms with Crippen LogP contribution in [0, 0.1) is 10.1 Å². The number of benzene rings is 1. The van der Waals surface area contributed by atoms with Gasteiger partial charge in [0.15, 0.2) is 0 Å². The van der Waals surface area contributed by atoms with Crippen LogP contribution in [0.1, 0.15) is 32.1 Å². The van der Waals surface area contributed by atoms with Crippen LogP contribution in [0.25, 0.3) is 0 Å². The lowest BCUT2D eigenvalue weighted by atomic mass is 9.88. The molecule has 7 heteroatoms. The molecule has 1 aromatic carbocycles. The van der Waals surface area contributed by atoms with E-state index in [0.717, 1.165) is 12.2 Å². The Kier molecular flexibility index (Phi) is 5.30. The minimum absolute atomic E-state index is 0.0368. The molecule has 1 fully saturated rings. The zero-order chi connectivity index (χ0) is 15.3. The van der Waals surface area contributed by atoms with Crippen LogP contribution in [-0.4, -0.2) is 22.5 Å². The minimum atomic E-state index is -0.406. The summed E-state index contributed by atoms with van der Waals surface area (Å²) in [4.78, 5) is 10.5. The maximum atomic E-state index is 11.0. The first-order valence-electron chi connectivity index (χ1n) is 7.14. The second-order valence-electron chi connectivity index (χ2n) is 5.47. The summed E-state index contributed by atoms with van der Waals surface area (Å²) < 4.78 is 0.235. The number of nitrogens with two attached hydrogens (primary N) is 1. The van der Waals surface area contributed by atoms with Gasteiger partial charge in [-0.3, -0.25) is 16.0 Å². The summed E-state index contributed by atoms with van der Waals surface area (Å²) >= 11 is 1.90. The molecular formula is C14H22N4O2S. The third-order valence-corrected chi connectivity index (χ3v) is 5.53. The molecule has 116 valence electrons. The molecule has 0 amide bonds. The molecule has 2 rings (SSSR count). The number of anilines is 2. The Morgan fingerprint density at radius 2 is 1.95 bits per heavy atom. The Labute approximate surface area is 129 Å². The summed E-state index contributed by atoms with van der Waals surface area (Å²) in [5.74, 6) is 5.37. The third kappa shape index (κ3) is 4.01. The first-order chi connectivity index (χ1) is 10.1. The van der Waals surface area contributed by atoms with Gasteiger partial charge in [-0.05, 0) is 25.2 Å². The Morgan fingerprint density at radius 3 is 2.52 bits per heavy atom. The monoisotopic (exact) mass is 310 g/mol. The van der Waals surface area contributed by atoms with Gasteiger partial charge in [-0.2, -0.15) is 11.8 Å². The fourth-order valence-corrected chi connectivity index (χ4v) is 3.73. The molecule has 0 atom stereocenters. The molecule has 1 aliphatic carbocycles. The highest BCUT2D eigenvalue weighted by Gasteiger charge is 2.30. The standard InChI is InChI=1S/C14H22N4O2S/c1-21-14(5-3-2-4-6-14)10-16-11-7-12(17-15)9-13(8-11)18(19)20/h7-9,16-17H,2-6,10,15H2,1H3. The lowest BCUT2D eigenvalue weighted by Crippen LogP contribution is -2.35. The number of nitrogens with one attached hydrogen (secondary N) is 2. The highest BCUT2D eigenvalue weighted by atomic mass is 32.2. The quantitative estimate of drug-likeness (QED) is 0.424. The third-order valence-electron chi connectivity index (χ3n) is 4.11. The van der Waals surface area contributed by atoms with Crippen molar-refractivity contribution < 1.29 is 4.92 Å². The zero-order valence-electron chi connectivity index (χ0n) is 12.2. The summed E-state index contributed by atoms with van der Waals surface area (Å²) in [5, 5.41) is 14.3. The van der Waals surface area contributed by atoms with E-state index in [2.05, 4.69) is 17.0 Å². The highest BCUT2D eigenvalue weighted by molar-refractivity contribution is 8.00. The van der Waals surface area contributed by atoms with Crippen LogP contribution in [0.3, 0.4) is 0 Å². The smallest absolute Gasteiger partial charge is 0.273 e. The van der Waals surface area contributed by atoms with Crippen molar-refractivity contribution in [3.8, 4) is 0 Å². The van der Waals surface area contributed by atoms with Gasteiger partial charge in [0.25, 0.3) is 5.69 Å². The van der Waals surface area contributed by atoms with Crippen molar-refractivity contribution in [1.82, 2.24) is 0 Å². The number of nitrogens with zero attached hydrogens (tertiary/aromatic N) is 1. The largest absolute Gasteiger partial charge is 0.383 e. The molecule has 1 aliphatic rings. The maximum Gasteiger partial charge on any atom is 0.273 e. The number of hydrazine groups is 1. The van der Waals surface area contributed by atoms with Gasteiger partial charge in [0.1, 0.15) is 0 Å². The van der Waals surface area contributed by atoms with Crippen LogP contribution < -0.4 is 16.6 Å². The highest BCUT2D eigenvalue weighted by Crippen LogP contribution is 2.39. The number of nitrogen functional groups attached to an aromatic ring is 1. The van der Waals surface area contributed by atoms with E-state index in [9.17, 15) is 10.1 Å². The molecule has 6 nitrogen and oxygen atoms in total. The van der Waals surface area contributed by atoms with Gasteiger partial charge in [-0.1, -0.05) is 19.3 Å². The van der Waals surface area contributed by atoms with Crippen molar-refractivity contribution in [1.29, 1.82) is 0 Å². The van der Waals surface area contributed by atoms with Gasteiger partial charge in [-0.25, -0.2) is 0 Å². The average molecular weight is 310 g/mol. The number of thioether (sulfide) groups is 1. The van der Waals surface area contributed by atoms with E-state index in [0.29, 0.717) is 5.69 Å². The van der Waals surface area contributed by atoms with E-state index >= 15 is 0 Å². The lowest BCUT2D eigenvalue weighted by molar-refractivity contribution is -0.384. The molecular weight excluding hydrogens is 288 g/mol. The topological polar surface area (TPSA) is 93.2 Å². The minimum Gasteiger partial charge on any atom is -0.383 e. The van der Waals surface area contributed by atoms with E-state index in [-0.39, 0.29) is 10.4 Å². The molecule has 0 radical (unpaired) electrons. The molecule has 0 aliphatic heterocycles. The van der Waals surface area contributed by atoms with Crippen molar-refractivity contribution in [2.75, 3.05) is 23.5 Å². The van der Waals surface area contributed by atoms with E-state index in [4.69, 9.17) is 5.84 Å². The Morgan fingerprint density at radius 1 is 1.29 bits per heavy atom. The molecule has 0 aromatic heterocycles. The first kappa shape index (κ1) is 15.9. The molecule has 1 aromatic rings. The van der Waals surface area contributed by atoms with Crippen molar-refractivity contribution >= 4 is 28.8 Å². The van der Waals surface area contributed by atoms with Gasteiger partial charge in [0.05, 0.1) is 10.6 Å². The van der Waals surface area contributed by atoms with Gasteiger partial charge >= 0.3 is 0 Å². The number of hydrogen-bond donors (Lipinski definition) is 3. The summed E-state index contributed by atoms with van der Waals surface area (Å²) in [6, 6.07) is 4.78. The Hall–Kier alpha value is -1.47. The van der Waals surface area contributed by atoms with Crippen LogP contribution in [0.5, 0.6) is 0 Å². The predicted molar refractivity (Wildman–Crippen MR) is 88.7 cm³/mol. The van der Waals surface area contributed by atoms with Gasteiger partial charge < -0.3 is 10.7 Å². The van der Waals surface area contributed by atoms with Crippen LogP contribution in [0.4, 0.5) is 17.1 Å². The molecule has 0 heterocycles. The van der Waals surface area contributed by atoms with Gasteiger partial charge in [0, 0.05) is 29.1 Å².